The number of nitrogens with two attached hydrogens (primary N) is 1. The number of amides is 2. The van der Waals surface area contributed by atoms with Crippen LogP contribution in [0.2, 0.25) is 0 Å². The Hall–Kier alpha value is -2.12. The van der Waals surface area contributed by atoms with Crippen molar-refractivity contribution in [3.05, 3.63) is 29.6 Å². The molecule has 1 aliphatic heterocycles. The second-order valence-electron chi connectivity index (χ2n) is 5.13. The Morgan fingerprint density at radius 2 is 2.00 bits per heavy atom. The summed E-state index contributed by atoms with van der Waals surface area (Å²) in [7, 11) is 0. The monoisotopic (exact) mass is 301 g/mol. The van der Waals surface area contributed by atoms with Gasteiger partial charge in [0.2, 0.25) is 5.91 Å². The number of pyridine rings is 1. The molecule has 0 aliphatic carbocycles. The number of carbonyl (C=O) groups excluding carboxylic acids is 2. The zero-order valence-electron chi connectivity index (χ0n) is 11.2. The number of alkyl halides is 3. The van der Waals surface area contributed by atoms with Gasteiger partial charge < -0.3 is 10.6 Å². The number of rotatable bonds is 2. The Kier molecular flexibility index (Phi) is 3.89. The van der Waals surface area contributed by atoms with Crippen molar-refractivity contribution in [2.24, 2.45) is 17.6 Å². The smallest absolute Gasteiger partial charge is 0.369 e. The van der Waals surface area contributed by atoms with Crippen LogP contribution in [-0.4, -0.2) is 34.8 Å². The Morgan fingerprint density at radius 3 is 2.43 bits per heavy atom. The predicted molar refractivity (Wildman–Crippen MR) is 67.0 cm³/mol. The summed E-state index contributed by atoms with van der Waals surface area (Å²) in [6.45, 7) is 2.32. The molecule has 0 saturated carbocycles. The second kappa shape index (κ2) is 5.34. The first kappa shape index (κ1) is 15.3. The summed E-state index contributed by atoms with van der Waals surface area (Å²) in [5, 5.41) is 0. The van der Waals surface area contributed by atoms with E-state index in [1.807, 2.05) is 0 Å². The maximum absolute atomic E-state index is 12.4. The third-order valence-electron chi connectivity index (χ3n) is 3.57. The third kappa shape index (κ3) is 3.14. The van der Waals surface area contributed by atoms with E-state index in [0.29, 0.717) is 6.54 Å². The maximum atomic E-state index is 12.4. The molecule has 1 aliphatic rings. The van der Waals surface area contributed by atoms with Crippen molar-refractivity contribution in [1.82, 2.24) is 9.88 Å². The van der Waals surface area contributed by atoms with Gasteiger partial charge in [-0.2, -0.15) is 13.2 Å². The van der Waals surface area contributed by atoms with Gasteiger partial charge in [0.15, 0.2) is 0 Å². The lowest BCUT2D eigenvalue weighted by atomic mass is 9.98. The fourth-order valence-corrected chi connectivity index (χ4v) is 2.37. The second-order valence-corrected chi connectivity index (χ2v) is 5.13. The van der Waals surface area contributed by atoms with E-state index in [9.17, 15) is 22.8 Å². The molecule has 114 valence electrons. The first-order chi connectivity index (χ1) is 9.70. The lowest BCUT2D eigenvalue weighted by Crippen LogP contribution is -2.32. The SMILES string of the molecule is C[C@@H]1CN(C(=O)c2ccc(C(F)(F)F)nc2)C[C@H]1C(N)=O. The average Bonchev–Trinajstić information content (AvgIpc) is 2.79. The molecule has 0 spiro atoms. The Morgan fingerprint density at radius 1 is 1.33 bits per heavy atom. The minimum atomic E-state index is -4.54. The molecule has 2 amide bonds. The van der Waals surface area contributed by atoms with Crippen LogP contribution in [0, 0.1) is 11.8 Å². The molecule has 8 heteroatoms. The van der Waals surface area contributed by atoms with Gasteiger partial charge in [-0.25, -0.2) is 0 Å². The summed E-state index contributed by atoms with van der Waals surface area (Å²) >= 11 is 0. The molecule has 1 aromatic heterocycles. The number of halogens is 3. The van der Waals surface area contributed by atoms with Gasteiger partial charge in [0.05, 0.1) is 11.5 Å². The van der Waals surface area contributed by atoms with E-state index in [1.54, 1.807) is 6.92 Å². The molecule has 0 bridgehead atoms. The molecule has 0 radical (unpaired) electrons. The van der Waals surface area contributed by atoms with Crippen LogP contribution >= 0.6 is 0 Å². The Bertz CT molecular complexity index is 557. The molecule has 1 fully saturated rings. The fourth-order valence-electron chi connectivity index (χ4n) is 2.37. The number of likely N-dealkylation sites (tertiary alicyclic amines) is 1. The van der Waals surface area contributed by atoms with E-state index in [1.165, 1.54) is 4.90 Å². The number of carbonyl (C=O) groups is 2. The van der Waals surface area contributed by atoms with Gasteiger partial charge in [0.25, 0.3) is 5.91 Å². The Labute approximate surface area is 118 Å². The standard InChI is InChI=1S/C13H14F3N3O2/c1-7-5-19(6-9(7)11(17)20)12(21)8-2-3-10(18-4-8)13(14,15)16/h2-4,7,9H,5-6H2,1H3,(H2,17,20)/t7-,9-/m1/s1. The summed E-state index contributed by atoms with van der Waals surface area (Å²) in [6, 6.07) is 1.85. The summed E-state index contributed by atoms with van der Waals surface area (Å²) in [4.78, 5) is 28.1. The zero-order valence-corrected chi connectivity index (χ0v) is 11.2. The van der Waals surface area contributed by atoms with Crippen molar-refractivity contribution in [3.8, 4) is 0 Å². The van der Waals surface area contributed by atoms with Crippen LogP contribution in [0.1, 0.15) is 23.0 Å². The highest BCUT2D eigenvalue weighted by atomic mass is 19.4. The minimum absolute atomic E-state index is 0.0559. The lowest BCUT2D eigenvalue weighted by Gasteiger charge is -2.16. The van der Waals surface area contributed by atoms with Gasteiger partial charge in [-0.05, 0) is 18.1 Å². The van der Waals surface area contributed by atoms with Gasteiger partial charge in [0.1, 0.15) is 5.69 Å². The molecule has 2 heterocycles. The minimum Gasteiger partial charge on any atom is -0.369 e. The highest BCUT2D eigenvalue weighted by Crippen LogP contribution is 2.28. The maximum Gasteiger partial charge on any atom is 0.433 e. The van der Waals surface area contributed by atoms with Gasteiger partial charge in [-0.1, -0.05) is 6.92 Å². The first-order valence-corrected chi connectivity index (χ1v) is 6.32. The van der Waals surface area contributed by atoms with Crippen molar-refractivity contribution in [1.29, 1.82) is 0 Å². The van der Waals surface area contributed by atoms with E-state index in [4.69, 9.17) is 5.73 Å². The average molecular weight is 301 g/mol. The van der Waals surface area contributed by atoms with Crippen molar-refractivity contribution in [2.45, 2.75) is 13.1 Å². The van der Waals surface area contributed by atoms with Crippen LogP contribution < -0.4 is 5.73 Å². The van der Waals surface area contributed by atoms with Gasteiger partial charge in [-0.15, -0.1) is 0 Å². The molecule has 0 unspecified atom stereocenters. The van der Waals surface area contributed by atoms with Crippen LogP contribution in [0.5, 0.6) is 0 Å². The van der Waals surface area contributed by atoms with Crippen LogP contribution in [0.4, 0.5) is 13.2 Å². The molecule has 0 aromatic carbocycles. The normalized spacial score (nSPS) is 22.4. The fraction of sp³-hybridized carbons (Fsp3) is 0.462. The predicted octanol–water partition coefficient (Wildman–Crippen LogP) is 1.29. The third-order valence-corrected chi connectivity index (χ3v) is 3.57. The van der Waals surface area contributed by atoms with Crippen molar-refractivity contribution >= 4 is 11.8 Å². The summed E-state index contributed by atoms with van der Waals surface area (Å²) in [5.74, 6) is -1.44. The zero-order chi connectivity index (χ0) is 15.8. The molecule has 21 heavy (non-hydrogen) atoms. The van der Waals surface area contributed by atoms with Crippen LogP contribution in [0.3, 0.4) is 0 Å². The van der Waals surface area contributed by atoms with Crippen LogP contribution in [0.25, 0.3) is 0 Å². The molecule has 2 rings (SSSR count). The first-order valence-electron chi connectivity index (χ1n) is 6.32. The van der Waals surface area contributed by atoms with E-state index < -0.39 is 29.6 Å². The highest BCUT2D eigenvalue weighted by molar-refractivity contribution is 5.94. The molecular weight excluding hydrogens is 287 g/mol. The number of hydrogen-bond acceptors (Lipinski definition) is 3. The highest BCUT2D eigenvalue weighted by Gasteiger charge is 2.37. The van der Waals surface area contributed by atoms with Crippen LogP contribution in [-0.2, 0) is 11.0 Å². The summed E-state index contributed by atoms with van der Waals surface area (Å²) in [6.07, 6.45) is -3.64. The molecule has 1 aromatic rings. The topological polar surface area (TPSA) is 76.3 Å². The van der Waals surface area contributed by atoms with Crippen molar-refractivity contribution in [2.75, 3.05) is 13.1 Å². The van der Waals surface area contributed by atoms with E-state index >= 15 is 0 Å². The Balaban J connectivity index is 2.13. The molecule has 2 N–H and O–H groups in total. The van der Waals surface area contributed by atoms with Gasteiger partial charge >= 0.3 is 6.18 Å². The molecule has 1 saturated heterocycles. The molecule has 2 atom stereocenters. The van der Waals surface area contributed by atoms with E-state index in [-0.39, 0.29) is 18.0 Å². The number of nitrogens with zero attached hydrogens (tertiary/aromatic N) is 2. The number of primary amides is 1. The summed E-state index contributed by atoms with van der Waals surface area (Å²) < 4.78 is 37.2. The van der Waals surface area contributed by atoms with Crippen molar-refractivity contribution < 1.29 is 22.8 Å². The largest absolute Gasteiger partial charge is 0.433 e. The van der Waals surface area contributed by atoms with Crippen molar-refractivity contribution in [3.63, 3.8) is 0 Å². The molecular formula is C13H14F3N3O2. The molecule has 5 nitrogen and oxygen atoms in total. The number of hydrogen-bond donors (Lipinski definition) is 1. The van der Waals surface area contributed by atoms with Gasteiger partial charge in [-0.3, -0.25) is 14.6 Å². The number of aromatic nitrogens is 1. The summed E-state index contributed by atoms with van der Waals surface area (Å²) in [5.41, 5.74) is 4.25. The van der Waals surface area contributed by atoms with E-state index in [0.717, 1.165) is 18.3 Å². The van der Waals surface area contributed by atoms with Crippen LogP contribution in [0.15, 0.2) is 18.3 Å². The quantitative estimate of drug-likeness (QED) is 0.894. The van der Waals surface area contributed by atoms with Gasteiger partial charge in [0, 0.05) is 19.3 Å². The van der Waals surface area contributed by atoms with E-state index in [2.05, 4.69) is 4.98 Å². The lowest BCUT2D eigenvalue weighted by molar-refractivity contribution is -0.141.